The van der Waals surface area contributed by atoms with Crippen LogP contribution in [0.4, 0.5) is 0 Å². The van der Waals surface area contributed by atoms with Gasteiger partial charge in [0.25, 0.3) is 0 Å². The average molecular weight is 255 g/mol. The Morgan fingerprint density at radius 2 is 2.00 bits per heavy atom. The Morgan fingerprint density at radius 1 is 1.28 bits per heavy atom. The number of nitrogens with zero attached hydrogens (tertiary/aromatic N) is 1. The number of guanidine groups is 1. The molecule has 2 N–H and O–H groups in total. The van der Waals surface area contributed by atoms with Gasteiger partial charge in [-0.3, -0.25) is 4.99 Å². The Morgan fingerprint density at radius 3 is 2.61 bits per heavy atom. The van der Waals surface area contributed by atoms with Crippen LogP contribution in [0.5, 0.6) is 0 Å². The number of nitrogens with one attached hydrogen (secondary N) is 2. The highest BCUT2D eigenvalue weighted by atomic mass is 16.5. The Kier molecular flexibility index (Phi) is 7.81. The van der Waals surface area contributed by atoms with Gasteiger partial charge in [0, 0.05) is 32.8 Å². The van der Waals surface area contributed by atoms with E-state index >= 15 is 0 Å². The topological polar surface area (TPSA) is 45.7 Å². The monoisotopic (exact) mass is 255 g/mol. The predicted molar refractivity (Wildman–Crippen MR) is 77.0 cm³/mol. The van der Waals surface area contributed by atoms with Crippen LogP contribution in [0, 0.1) is 5.92 Å². The van der Waals surface area contributed by atoms with E-state index in [0.29, 0.717) is 6.04 Å². The smallest absolute Gasteiger partial charge is 0.191 e. The minimum Gasteiger partial charge on any atom is -0.385 e. The molecule has 1 aliphatic rings. The maximum atomic E-state index is 5.04. The van der Waals surface area contributed by atoms with Gasteiger partial charge in [-0.05, 0) is 44.9 Å². The third-order valence-corrected chi connectivity index (χ3v) is 3.48. The first kappa shape index (κ1) is 15.3. The molecular weight excluding hydrogens is 226 g/mol. The number of aliphatic imine (C=N–C) groups is 1. The molecule has 0 aliphatic heterocycles. The quantitative estimate of drug-likeness (QED) is 0.434. The van der Waals surface area contributed by atoms with Crippen LogP contribution in [0.25, 0.3) is 0 Å². The molecule has 0 spiro atoms. The van der Waals surface area contributed by atoms with Crippen molar-refractivity contribution in [3.8, 4) is 0 Å². The normalized spacial score (nSPS) is 24.9. The van der Waals surface area contributed by atoms with Crippen molar-refractivity contribution in [2.45, 2.75) is 52.0 Å². The SMILES string of the molecule is CCNC(=NCCCOC)NC1CCC(C)CC1. The molecule has 0 aromatic rings. The van der Waals surface area contributed by atoms with Crippen molar-refractivity contribution in [3.63, 3.8) is 0 Å². The summed E-state index contributed by atoms with van der Waals surface area (Å²) in [6.07, 6.45) is 6.18. The predicted octanol–water partition coefficient (Wildman–Crippen LogP) is 2.16. The number of hydrogen-bond acceptors (Lipinski definition) is 2. The first-order valence-electron chi connectivity index (χ1n) is 7.30. The van der Waals surface area contributed by atoms with Gasteiger partial charge in [-0.25, -0.2) is 0 Å². The van der Waals surface area contributed by atoms with Crippen LogP contribution in [-0.4, -0.2) is 38.8 Å². The summed E-state index contributed by atoms with van der Waals surface area (Å²) in [7, 11) is 1.73. The average Bonchev–Trinajstić information content (AvgIpc) is 2.37. The molecule has 106 valence electrons. The highest BCUT2D eigenvalue weighted by molar-refractivity contribution is 5.80. The van der Waals surface area contributed by atoms with E-state index in [9.17, 15) is 0 Å². The van der Waals surface area contributed by atoms with E-state index in [2.05, 4.69) is 29.5 Å². The summed E-state index contributed by atoms with van der Waals surface area (Å²) in [5.74, 6) is 1.86. The second kappa shape index (κ2) is 9.20. The van der Waals surface area contributed by atoms with Gasteiger partial charge < -0.3 is 15.4 Å². The van der Waals surface area contributed by atoms with Gasteiger partial charge in [-0.15, -0.1) is 0 Å². The fraction of sp³-hybridized carbons (Fsp3) is 0.929. The third kappa shape index (κ3) is 6.24. The Balaban J connectivity index is 2.31. The van der Waals surface area contributed by atoms with E-state index in [-0.39, 0.29) is 0 Å². The van der Waals surface area contributed by atoms with Crippen molar-refractivity contribution < 1.29 is 4.74 Å². The van der Waals surface area contributed by atoms with Crippen LogP contribution in [0.15, 0.2) is 4.99 Å². The number of ether oxygens (including phenoxy) is 1. The number of methoxy groups -OCH3 is 1. The van der Waals surface area contributed by atoms with E-state index in [1.54, 1.807) is 7.11 Å². The fourth-order valence-corrected chi connectivity index (χ4v) is 2.32. The van der Waals surface area contributed by atoms with Crippen LogP contribution in [0.2, 0.25) is 0 Å². The Hall–Kier alpha value is -0.770. The Bertz CT molecular complexity index is 235. The molecule has 4 nitrogen and oxygen atoms in total. The summed E-state index contributed by atoms with van der Waals surface area (Å²) in [6.45, 7) is 6.98. The minimum atomic E-state index is 0.599. The van der Waals surface area contributed by atoms with Gasteiger partial charge in [-0.1, -0.05) is 6.92 Å². The van der Waals surface area contributed by atoms with Gasteiger partial charge in [0.1, 0.15) is 0 Å². The molecule has 0 radical (unpaired) electrons. The second-order valence-electron chi connectivity index (χ2n) is 5.21. The molecule has 0 bridgehead atoms. The van der Waals surface area contributed by atoms with Crippen molar-refractivity contribution in [1.82, 2.24) is 10.6 Å². The molecule has 0 amide bonds. The number of hydrogen-bond donors (Lipinski definition) is 2. The van der Waals surface area contributed by atoms with Gasteiger partial charge in [-0.2, -0.15) is 0 Å². The molecule has 18 heavy (non-hydrogen) atoms. The first-order valence-corrected chi connectivity index (χ1v) is 7.30. The van der Waals surface area contributed by atoms with Crippen molar-refractivity contribution in [2.75, 3.05) is 26.8 Å². The van der Waals surface area contributed by atoms with Crippen molar-refractivity contribution in [3.05, 3.63) is 0 Å². The number of rotatable bonds is 6. The zero-order valence-electron chi connectivity index (χ0n) is 12.2. The van der Waals surface area contributed by atoms with Crippen molar-refractivity contribution in [2.24, 2.45) is 10.9 Å². The van der Waals surface area contributed by atoms with Crippen LogP contribution in [0.1, 0.15) is 46.0 Å². The van der Waals surface area contributed by atoms with Crippen molar-refractivity contribution in [1.29, 1.82) is 0 Å². The lowest BCUT2D eigenvalue weighted by Crippen LogP contribution is -2.44. The van der Waals surface area contributed by atoms with Crippen LogP contribution in [-0.2, 0) is 4.74 Å². The molecule has 0 saturated heterocycles. The van der Waals surface area contributed by atoms with Crippen LogP contribution < -0.4 is 10.6 Å². The van der Waals surface area contributed by atoms with Crippen LogP contribution >= 0.6 is 0 Å². The summed E-state index contributed by atoms with van der Waals surface area (Å²) in [5.41, 5.74) is 0. The maximum Gasteiger partial charge on any atom is 0.191 e. The lowest BCUT2D eigenvalue weighted by Gasteiger charge is -2.28. The van der Waals surface area contributed by atoms with E-state index in [4.69, 9.17) is 4.74 Å². The fourth-order valence-electron chi connectivity index (χ4n) is 2.32. The lowest BCUT2D eigenvalue weighted by molar-refractivity contribution is 0.197. The van der Waals surface area contributed by atoms with E-state index in [0.717, 1.165) is 38.0 Å². The molecule has 0 unspecified atom stereocenters. The molecule has 0 heterocycles. The molecular formula is C14H29N3O. The van der Waals surface area contributed by atoms with Gasteiger partial charge in [0.15, 0.2) is 5.96 Å². The standard InChI is InChI=1S/C14H29N3O/c1-4-15-14(16-10-5-11-18-3)17-13-8-6-12(2)7-9-13/h12-13H,4-11H2,1-3H3,(H2,15,16,17). The van der Waals surface area contributed by atoms with Crippen molar-refractivity contribution >= 4 is 5.96 Å². The van der Waals surface area contributed by atoms with Crippen LogP contribution in [0.3, 0.4) is 0 Å². The third-order valence-electron chi connectivity index (χ3n) is 3.48. The molecule has 0 aromatic carbocycles. The molecule has 0 aromatic heterocycles. The summed E-state index contributed by atoms with van der Waals surface area (Å²) >= 11 is 0. The minimum absolute atomic E-state index is 0.599. The zero-order valence-corrected chi connectivity index (χ0v) is 12.2. The largest absolute Gasteiger partial charge is 0.385 e. The summed E-state index contributed by atoms with van der Waals surface area (Å²) in [5, 5.41) is 6.87. The van der Waals surface area contributed by atoms with E-state index in [1.807, 2.05) is 0 Å². The molecule has 1 rings (SSSR count). The van der Waals surface area contributed by atoms with E-state index in [1.165, 1.54) is 25.7 Å². The van der Waals surface area contributed by atoms with E-state index < -0.39 is 0 Å². The summed E-state index contributed by atoms with van der Waals surface area (Å²) < 4.78 is 5.04. The maximum absolute atomic E-state index is 5.04. The molecule has 1 aliphatic carbocycles. The molecule has 1 fully saturated rings. The highest BCUT2D eigenvalue weighted by Gasteiger charge is 2.18. The molecule has 4 heteroatoms. The Labute approximate surface area is 112 Å². The summed E-state index contributed by atoms with van der Waals surface area (Å²) in [4.78, 5) is 4.58. The highest BCUT2D eigenvalue weighted by Crippen LogP contribution is 2.23. The molecule has 1 saturated carbocycles. The zero-order chi connectivity index (χ0) is 13.2. The second-order valence-corrected chi connectivity index (χ2v) is 5.21. The summed E-state index contributed by atoms with van der Waals surface area (Å²) in [6, 6.07) is 0.599. The van der Waals surface area contributed by atoms with Gasteiger partial charge in [0.2, 0.25) is 0 Å². The first-order chi connectivity index (χ1) is 8.76. The molecule has 0 atom stereocenters. The lowest BCUT2D eigenvalue weighted by atomic mass is 9.87. The van der Waals surface area contributed by atoms with Gasteiger partial charge in [0.05, 0.1) is 0 Å². The van der Waals surface area contributed by atoms with Gasteiger partial charge >= 0.3 is 0 Å².